The number of thioether (sulfide) groups is 1. The van der Waals surface area contributed by atoms with Gasteiger partial charge in [-0.2, -0.15) is 0 Å². The number of hydrogen-bond donors (Lipinski definition) is 0. The Balaban J connectivity index is 1.72. The van der Waals surface area contributed by atoms with E-state index in [4.69, 9.17) is 0 Å². The van der Waals surface area contributed by atoms with Gasteiger partial charge in [0.2, 0.25) is 5.91 Å². The second kappa shape index (κ2) is 7.21. The summed E-state index contributed by atoms with van der Waals surface area (Å²) in [6.45, 7) is 3.23. The standard InChI is InChI=1S/C18H20N2O3S/c1-13-7-3-4-8-14(13)11-15-17(22)20(18(23)24-15)12-16(21)19-9-5-2-6-10-19/h3-4,7-8,11H,2,5-6,9-10,12H2,1H3/b15-11+. The average molecular weight is 344 g/mol. The number of likely N-dealkylation sites (tertiary alicyclic amines) is 1. The van der Waals surface area contributed by atoms with E-state index >= 15 is 0 Å². The molecule has 3 amide bonds. The Labute approximate surface area is 145 Å². The Hall–Kier alpha value is -2.08. The van der Waals surface area contributed by atoms with Crippen molar-refractivity contribution in [1.29, 1.82) is 0 Å². The molecule has 0 aromatic heterocycles. The van der Waals surface area contributed by atoms with Gasteiger partial charge in [-0.25, -0.2) is 0 Å². The molecule has 0 bridgehead atoms. The molecule has 3 rings (SSSR count). The maximum atomic E-state index is 12.5. The third-order valence-electron chi connectivity index (χ3n) is 4.35. The third-order valence-corrected chi connectivity index (χ3v) is 5.26. The number of amides is 3. The minimum Gasteiger partial charge on any atom is -0.341 e. The van der Waals surface area contributed by atoms with Crippen molar-refractivity contribution >= 4 is 34.9 Å². The maximum Gasteiger partial charge on any atom is 0.294 e. The lowest BCUT2D eigenvalue weighted by Gasteiger charge is -2.27. The monoisotopic (exact) mass is 344 g/mol. The molecule has 2 aliphatic rings. The molecule has 2 saturated heterocycles. The van der Waals surface area contributed by atoms with Crippen LogP contribution in [0.1, 0.15) is 30.4 Å². The number of rotatable bonds is 3. The molecule has 2 fully saturated rings. The Bertz CT molecular complexity index is 708. The summed E-state index contributed by atoms with van der Waals surface area (Å²) in [4.78, 5) is 40.1. The van der Waals surface area contributed by atoms with Crippen molar-refractivity contribution < 1.29 is 14.4 Å². The Kier molecular flexibility index (Phi) is 5.04. The number of aryl methyl sites for hydroxylation is 1. The zero-order chi connectivity index (χ0) is 17.1. The number of carbonyl (C=O) groups is 3. The van der Waals surface area contributed by atoms with E-state index in [1.54, 1.807) is 11.0 Å². The van der Waals surface area contributed by atoms with E-state index in [2.05, 4.69) is 0 Å². The maximum absolute atomic E-state index is 12.5. The van der Waals surface area contributed by atoms with Gasteiger partial charge in [-0.05, 0) is 55.2 Å². The van der Waals surface area contributed by atoms with Crippen molar-refractivity contribution in [2.24, 2.45) is 0 Å². The van der Waals surface area contributed by atoms with Crippen LogP contribution in [0.15, 0.2) is 29.2 Å². The first-order chi connectivity index (χ1) is 11.6. The molecular weight excluding hydrogens is 324 g/mol. The third kappa shape index (κ3) is 3.53. The summed E-state index contributed by atoms with van der Waals surface area (Å²) in [6, 6.07) is 7.68. The summed E-state index contributed by atoms with van der Waals surface area (Å²) < 4.78 is 0. The fraction of sp³-hybridized carbons (Fsp3) is 0.389. The largest absolute Gasteiger partial charge is 0.341 e. The van der Waals surface area contributed by atoms with Gasteiger partial charge < -0.3 is 4.90 Å². The molecule has 1 aromatic rings. The molecule has 0 spiro atoms. The first kappa shape index (κ1) is 16.8. The molecule has 0 radical (unpaired) electrons. The summed E-state index contributed by atoms with van der Waals surface area (Å²) >= 11 is 0.902. The zero-order valence-electron chi connectivity index (χ0n) is 13.7. The fourth-order valence-corrected chi connectivity index (χ4v) is 3.73. The molecule has 0 atom stereocenters. The second-order valence-electron chi connectivity index (χ2n) is 6.07. The Morgan fingerprint density at radius 1 is 1.17 bits per heavy atom. The van der Waals surface area contributed by atoms with E-state index in [1.165, 1.54) is 0 Å². The number of imide groups is 1. The van der Waals surface area contributed by atoms with Crippen molar-refractivity contribution in [2.75, 3.05) is 19.6 Å². The quantitative estimate of drug-likeness (QED) is 0.791. The topological polar surface area (TPSA) is 57.7 Å². The van der Waals surface area contributed by atoms with E-state index in [-0.39, 0.29) is 23.6 Å². The number of piperidine rings is 1. The molecule has 6 heteroatoms. The predicted molar refractivity (Wildman–Crippen MR) is 94.3 cm³/mol. The molecule has 0 N–H and O–H groups in total. The van der Waals surface area contributed by atoms with Gasteiger partial charge in [-0.15, -0.1) is 0 Å². The van der Waals surface area contributed by atoms with Crippen molar-refractivity contribution in [2.45, 2.75) is 26.2 Å². The summed E-state index contributed by atoms with van der Waals surface area (Å²) in [5.41, 5.74) is 1.94. The number of hydrogen-bond acceptors (Lipinski definition) is 4. The van der Waals surface area contributed by atoms with E-state index in [1.807, 2.05) is 31.2 Å². The molecule has 0 aliphatic carbocycles. The average Bonchev–Trinajstić information content (AvgIpc) is 2.85. The Morgan fingerprint density at radius 3 is 2.58 bits per heavy atom. The van der Waals surface area contributed by atoms with E-state index in [9.17, 15) is 14.4 Å². The lowest BCUT2D eigenvalue weighted by Crippen LogP contribution is -2.44. The molecular formula is C18H20N2O3S. The molecule has 0 unspecified atom stereocenters. The van der Waals surface area contributed by atoms with Crippen molar-refractivity contribution in [1.82, 2.24) is 9.80 Å². The molecule has 126 valence electrons. The summed E-state index contributed by atoms with van der Waals surface area (Å²) in [6.07, 6.45) is 4.83. The zero-order valence-corrected chi connectivity index (χ0v) is 14.5. The van der Waals surface area contributed by atoms with Crippen LogP contribution in [0, 0.1) is 6.92 Å². The van der Waals surface area contributed by atoms with Crippen LogP contribution >= 0.6 is 11.8 Å². The van der Waals surface area contributed by atoms with Crippen molar-refractivity contribution in [3.8, 4) is 0 Å². The van der Waals surface area contributed by atoms with Gasteiger partial charge in [0.1, 0.15) is 6.54 Å². The van der Waals surface area contributed by atoms with Crippen molar-refractivity contribution in [3.05, 3.63) is 40.3 Å². The number of nitrogens with zero attached hydrogens (tertiary/aromatic N) is 2. The van der Waals surface area contributed by atoms with Gasteiger partial charge in [-0.3, -0.25) is 19.3 Å². The minimum absolute atomic E-state index is 0.144. The first-order valence-electron chi connectivity index (χ1n) is 8.15. The van der Waals surface area contributed by atoms with Crippen LogP contribution in [0.4, 0.5) is 4.79 Å². The predicted octanol–water partition coefficient (Wildman–Crippen LogP) is 3.04. The molecule has 0 saturated carbocycles. The van der Waals surface area contributed by atoms with E-state index in [0.717, 1.165) is 47.1 Å². The highest BCUT2D eigenvalue weighted by Crippen LogP contribution is 2.32. The molecule has 5 nitrogen and oxygen atoms in total. The molecule has 1 aromatic carbocycles. The minimum atomic E-state index is -0.376. The van der Waals surface area contributed by atoms with Crippen LogP contribution in [0.25, 0.3) is 6.08 Å². The summed E-state index contributed by atoms with van der Waals surface area (Å²) in [7, 11) is 0. The van der Waals surface area contributed by atoms with Crippen LogP contribution in [0.5, 0.6) is 0 Å². The fourth-order valence-electron chi connectivity index (χ4n) is 2.90. The van der Waals surface area contributed by atoms with Crippen LogP contribution in [-0.2, 0) is 9.59 Å². The highest BCUT2D eigenvalue weighted by Gasteiger charge is 2.37. The first-order valence-corrected chi connectivity index (χ1v) is 8.96. The van der Waals surface area contributed by atoms with Crippen LogP contribution in [0.3, 0.4) is 0 Å². The second-order valence-corrected chi connectivity index (χ2v) is 7.06. The van der Waals surface area contributed by atoms with Crippen LogP contribution in [-0.4, -0.2) is 46.5 Å². The SMILES string of the molecule is Cc1ccccc1/C=C1/SC(=O)N(CC(=O)N2CCCCC2)C1=O. The molecule has 24 heavy (non-hydrogen) atoms. The van der Waals surface area contributed by atoms with Crippen LogP contribution < -0.4 is 0 Å². The number of carbonyl (C=O) groups excluding carboxylic acids is 3. The summed E-state index contributed by atoms with van der Waals surface area (Å²) in [5.74, 6) is -0.521. The van der Waals surface area contributed by atoms with Gasteiger partial charge >= 0.3 is 0 Å². The number of benzene rings is 1. The lowest BCUT2D eigenvalue weighted by atomic mass is 10.1. The van der Waals surface area contributed by atoms with Crippen LogP contribution in [0.2, 0.25) is 0 Å². The highest BCUT2D eigenvalue weighted by molar-refractivity contribution is 8.18. The van der Waals surface area contributed by atoms with Gasteiger partial charge in [0, 0.05) is 13.1 Å². The normalized spacial score (nSPS) is 20.1. The van der Waals surface area contributed by atoms with E-state index in [0.29, 0.717) is 18.0 Å². The van der Waals surface area contributed by atoms with Gasteiger partial charge in [0.15, 0.2) is 0 Å². The Morgan fingerprint density at radius 2 is 1.88 bits per heavy atom. The molecule has 2 aliphatic heterocycles. The highest BCUT2D eigenvalue weighted by atomic mass is 32.2. The smallest absolute Gasteiger partial charge is 0.294 e. The van der Waals surface area contributed by atoms with Crippen molar-refractivity contribution in [3.63, 3.8) is 0 Å². The van der Waals surface area contributed by atoms with Gasteiger partial charge in [0.05, 0.1) is 4.91 Å². The summed E-state index contributed by atoms with van der Waals surface area (Å²) in [5, 5.41) is -0.370. The van der Waals surface area contributed by atoms with E-state index < -0.39 is 0 Å². The molecule has 2 heterocycles. The lowest BCUT2D eigenvalue weighted by molar-refractivity contribution is -0.136. The van der Waals surface area contributed by atoms with Gasteiger partial charge in [-0.1, -0.05) is 24.3 Å². The van der Waals surface area contributed by atoms with Gasteiger partial charge in [0.25, 0.3) is 11.1 Å².